The van der Waals surface area contributed by atoms with Gasteiger partial charge in [-0.2, -0.15) is 0 Å². The Morgan fingerprint density at radius 1 is 1.26 bits per heavy atom. The molecule has 120 valence electrons. The maximum absolute atomic E-state index is 13.4. The van der Waals surface area contributed by atoms with Crippen molar-refractivity contribution >= 4 is 17.3 Å². The number of amides is 1. The van der Waals surface area contributed by atoms with E-state index in [2.05, 4.69) is 5.32 Å². The average molecular weight is 316 g/mol. The van der Waals surface area contributed by atoms with Crippen LogP contribution in [0.5, 0.6) is 0 Å². The number of carbonyl (C=O) groups excluding carboxylic acids is 1. The average Bonchev–Trinajstić information content (AvgIpc) is 2.53. The molecule has 1 amide bonds. The zero-order valence-corrected chi connectivity index (χ0v) is 12.4. The predicted molar refractivity (Wildman–Crippen MR) is 84.9 cm³/mol. The standard InChI is InChI=1S/C17H17FN2O3/c18-16-5-4-13(6-12(16)10-21)19-17(23)11-2-1-3-14(7-11)20-8-15(22)9-20/h1-7,15,21-22H,8-10H2,(H,19,23). The molecular formula is C17H17FN2O3. The van der Waals surface area contributed by atoms with Crippen molar-refractivity contribution in [1.82, 2.24) is 0 Å². The van der Waals surface area contributed by atoms with Gasteiger partial charge in [0, 0.05) is 35.6 Å². The van der Waals surface area contributed by atoms with E-state index in [0.29, 0.717) is 24.3 Å². The molecular weight excluding hydrogens is 299 g/mol. The molecule has 0 unspecified atom stereocenters. The highest BCUT2D eigenvalue weighted by Gasteiger charge is 2.24. The molecule has 1 aliphatic heterocycles. The van der Waals surface area contributed by atoms with Crippen LogP contribution in [0.4, 0.5) is 15.8 Å². The van der Waals surface area contributed by atoms with Crippen LogP contribution in [0.3, 0.4) is 0 Å². The number of carbonyl (C=O) groups is 1. The quantitative estimate of drug-likeness (QED) is 0.803. The molecule has 2 aromatic carbocycles. The number of nitrogens with zero attached hydrogens (tertiary/aromatic N) is 1. The minimum Gasteiger partial charge on any atom is -0.392 e. The molecule has 0 atom stereocenters. The Morgan fingerprint density at radius 3 is 2.74 bits per heavy atom. The van der Waals surface area contributed by atoms with E-state index in [0.717, 1.165) is 5.69 Å². The molecule has 0 spiro atoms. The van der Waals surface area contributed by atoms with Gasteiger partial charge >= 0.3 is 0 Å². The SMILES string of the molecule is O=C(Nc1ccc(F)c(CO)c1)c1cccc(N2CC(O)C2)c1. The molecule has 1 aliphatic rings. The van der Waals surface area contributed by atoms with Gasteiger partial charge in [0.25, 0.3) is 5.91 Å². The van der Waals surface area contributed by atoms with Crippen molar-refractivity contribution in [1.29, 1.82) is 0 Å². The van der Waals surface area contributed by atoms with Gasteiger partial charge in [-0.1, -0.05) is 6.07 Å². The van der Waals surface area contributed by atoms with Gasteiger partial charge < -0.3 is 20.4 Å². The fraction of sp³-hybridized carbons (Fsp3) is 0.235. The van der Waals surface area contributed by atoms with Crippen molar-refractivity contribution in [3.05, 3.63) is 59.4 Å². The van der Waals surface area contributed by atoms with Crippen molar-refractivity contribution in [3.8, 4) is 0 Å². The number of anilines is 2. The Balaban J connectivity index is 1.74. The highest BCUT2D eigenvalue weighted by Crippen LogP contribution is 2.23. The van der Waals surface area contributed by atoms with Crippen LogP contribution in [0.25, 0.3) is 0 Å². The third-order valence-electron chi connectivity index (χ3n) is 3.81. The minimum absolute atomic E-state index is 0.131. The summed E-state index contributed by atoms with van der Waals surface area (Å²) in [4.78, 5) is 14.3. The predicted octanol–water partition coefficient (Wildman–Crippen LogP) is 1.75. The van der Waals surface area contributed by atoms with E-state index in [1.807, 2.05) is 11.0 Å². The largest absolute Gasteiger partial charge is 0.392 e. The lowest BCUT2D eigenvalue weighted by Gasteiger charge is -2.38. The molecule has 6 heteroatoms. The smallest absolute Gasteiger partial charge is 0.255 e. The molecule has 3 rings (SSSR count). The molecule has 1 fully saturated rings. The highest BCUT2D eigenvalue weighted by atomic mass is 19.1. The maximum Gasteiger partial charge on any atom is 0.255 e. The Morgan fingerprint density at radius 2 is 2.04 bits per heavy atom. The van der Waals surface area contributed by atoms with E-state index >= 15 is 0 Å². The van der Waals surface area contributed by atoms with E-state index in [1.165, 1.54) is 18.2 Å². The van der Waals surface area contributed by atoms with Crippen molar-refractivity contribution in [2.45, 2.75) is 12.7 Å². The molecule has 5 nitrogen and oxygen atoms in total. The molecule has 1 saturated heterocycles. The first kappa shape index (κ1) is 15.5. The summed E-state index contributed by atoms with van der Waals surface area (Å²) in [6, 6.07) is 11.1. The van der Waals surface area contributed by atoms with E-state index in [9.17, 15) is 14.3 Å². The summed E-state index contributed by atoms with van der Waals surface area (Å²) in [5, 5.41) is 21.1. The molecule has 0 radical (unpaired) electrons. The topological polar surface area (TPSA) is 72.8 Å². The normalized spacial score (nSPS) is 14.5. The van der Waals surface area contributed by atoms with Crippen LogP contribution in [-0.4, -0.2) is 35.3 Å². The molecule has 23 heavy (non-hydrogen) atoms. The molecule has 0 aliphatic carbocycles. The summed E-state index contributed by atoms with van der Waals surface area (Å²) < 4.78 is 13.4. The van der Waals surface area contributed by atoms with Gasteiger partial charge in [0.1, 0.15) is 5.82 Å². The lowest BCUT2D eigenvalue weighted by Crippen LogP contribution is -2.50. The summed E-state index contributed by atoms with van der Waals surface area (Å²) in [6.07, 6.45) is -0.316. The van der Waals surface area contributed by atoms with Gasteiger partial charge in [-0.3, -0.25) is 4.79 Å². The first-order chi connectivity index (χ1) is 11.1. The van der Waals surface area contributed by atoms with Crippen LogP contribution in [0, 0.1) is 5.82 Å². The van der Waals surface area contributed by atoms with Crippen LogP contribution in [-0.2, 0) is 6.61 Å². The third-order valence-corrected chi connectivity index (χ3v) is 3.81. The number of rotatable bonds is 4. The maximum atomic E-state index is 13.4. The van der Waals surface area contributed by atoms with Gasteiger partial charge in [0.05, 0.1) is 12.7 Å². The summed E-state index contributed by atoms with van der Waals surface area (Å²) in [5.74, 6) is -0.827. The lowest BCUT2D eigenvalue weighted by atomic mass is 10.1. The van der Waals surface area contributed by atoms with E-state index < -0.39 is 12.4 Å². The van der Waals surface area contributed by atoms with Crippen LogP contribution >= 0.6 is 0 Å². The first-order valence-corrected chi connectivity index (χ1v) is 7.30. The van der Waals surface area contributed by atoms with Crippen LogP contribution in [0.2, 0.25) is 0 Å². The molecule has 1 heterocycles. The van der Waals surface area contributed by atoms with Gasteiger partial charge in [0.2, 0.25) is 0 Å². The van der Waals surface area contributed by atoms with Crippen molar-refractivity contribution in [3.63, 3.8) is 0 Å². The monoisotopic (exact) mass is 316 g/mol. The Kier molecular flexibility index (Phi) is 4.27. The van der Waals surface area contributed by atoms with E-state index in [-0.39, 0.29) is 17.6 Å². The van der Waals surface area contributed by atoms with Crippen LogP contribution in [0.1, 0.15) is 15.9 Å². The molecule has 0 aromatic heterocycles. The Bertz CT molecular complexity index is 730. The zero-order chi connectivity index (χ0) is 16.4. The third kappa shape index (κ3) is 3.33. The molecule has 0 bridgehead atoms. The Hall–Kier alpha value is -2.44. The van der Waals surface area contributed by atoms with E-state index in [4.69, 9.17) is 5.11 Å². The molecule has 2 aromatic rings. The van der Waals surface area contributed by atoms with Crippen molar-refractivity contribution in [2.24, 2.45) is 0 Å². The second kappa shape index (κ2) is 6.36. The number of halogens is 1. The number of nitrogens with one attached hydrogen (secondary N) is 1. The second-order valence-electron chi connectivity index (χ2n) is 5.53. The van der Waals surface area contributed by atoms with Crippen molar-refractivity contribution in [2.75, 3.05) is 23.3 Å². The summed E-state index contributed by atoms with van der Waals surface area (Å²) in [6.45, 7) is 0.689. The van der Waals surface area contributed by atoms with Gasteiger partial charge in [0.15, 0.2) is 0 Å². The molecule has 3 N–H and O–H groups in total. The highest BCUT2D eigenvalue weighted by molar-refractivity contribution is 6.04. The first-order valence-electron chi connectivity index (χ1n) is 7.30. The fourth-order valence-corrected chi connectivity index (χ4v) is 2.49. The van der Waals surface area contributed by atoms with Crippen LogP contribution < -0.4 is 10.2 Å². The number of hydrogen-bond acceptors (Lipinski definition) is 4. The fourth-order valence-electron chi connectivity index (χ4n) is 2.49. The number of benzene rings is 2. The zero-order valence-electron chi connectivity index (χ0n) is 12.4. The Labute approximate surface area is 133 Å². The molecule has 0 saturated carbocycles. The second-order valence-corrected chi connectivity index (χ2v) is 5.53. The number of aliphatic hydroxyl groups is 2. The van der Waals surface area contributed by atoms with E-state index in [1.54, 1.807) is 18.2 Å². The summed E-state index contributed by atoms with van der Waals surface area (Å²) >= 11 is 0. The van der Waals surface area contributed by atoms with Gasteiger partial charge in [-0.25, -0.2) is 4.39 Å². The number of hydrogen-bond donors (Lipinski definition) is 3. The number of β-amino-alcohol motifs (C(OH)–C–C–N with tert-alkyl or cyclic N) is 1. The van der Waals surface area contributed by atoms with Gasteiger partial charge in [-0.05, 0) is 36.4 Å². The van der Waals surface area contributed by atoms with Crippen LogP contribution in [0.15, 0.2) is 42.5 Å². The summed E-state index contributed by atoms with van der Waals surface area (Å²) in [5.41, 5.74) is 1.90. The lowest BCUT2D eigenvalue weighted by molar-refractivity contribution is 0.102. The number of aliphatic hydroxyl groups excluding tert-OH is 2. The van der Waals surface area contributed by atoms with Gasteiger partial charge in [-0.15, -0.1) is 0 Å². The summed E-state index contributed by atoms with van der Waals surface area (Å²) in [7, 11) is 0. The van der Waals surface area contributed by atoms with Crippen molar-refractivity contribution < 1.29 is 19.4 Å². The minimum atomic E-state index is -0.510.